The molecule has 0 spiro atoms. The lowest BCUT2D eigenvalue weighted by Crippen LogP contribution is -2.31. The fourth-order valence-electron chi connectivity index (χ4n) is 2.23. The Morgan fingerprint density at radius 2 is 2.53 bits per heavy atom. The summed E-state index contributed by atoms with van der Waals surface area (Å²) in [6, 6.07) is 4.14. The fourth-order valence-corrected chi connectivity index (χ4v) is 2.95. The SMILES string of the molecule is CCN(Cc1cccs1)C(=O)CC1CCNC1. The molecule has 94 valence electrons. The molecule has 0 aromatic carbocycles. The fraction of sp³-hybridized carbons (Fsp3) is 0.615. The smallest absolute Gasteiger partial charge is 0.223 e. The van der Waals surface area contributed by atoms with Crippen LogP contribution in [0.4, 0.5) is 0 Å². The number of nitrogens with one attached hydrogen (secondary N) is 1. The Morgan fingerprint density at radius 1 is 1.65 bits per heavy atom. The molecule has 1 aliphatic heterocycles. The lowest BCUT2D eigenvalue weighted by Gasteiger charge is -2.21. The van der Waals surface area contributed by atoms with Crippen LogP contribution in [0.15, 0.2) is 17.5 Å². The Labute approximate surface area is 107 Å². The van der Waals surface area contributed by atoms with E-state index in [0.717, 1.165) is 32.6 Å². The van der Waals surface area contributed by atoms with E-state index in [2.05, 4.69) is 23.7 Å². The second-order valence-corrected chi connectivity index (χ2v) is 5.58. The van der Waals surface area contributed by atoms with Gasteiger partial charge in [-0.2, -0.15) is 0 Å². The highest BCUT2D eigenvalue weighted by molar-refractivity contribution is 7.09. The summed E-state index contributed by atoms with van der Waals surface area (Å²) < 4.78 is 0. The first-order valence-corrected chi connectivity index (χ1v) is 7.18. The first-order chi connectivity index (χ1) is 8.29. The van der Waals surface area contributed by atoms with Gasteiger partial charge in [-0.25, -0.2) is 0 Å². The summed E-state index contributed by atoms with van der Waals surface area (Å²) >= 11 is 1.72. The Kier molecular flexibility index (Phi) is 4.57. The molecule has 0 saturated carbocycles. The Balaban J connectivity index is 1.86. The molecule has 1 amide bonds. The summed E-state index contributed by atoms with van der Waals surface area (Å²) in [5.41, 5.74) is 0. The number of carbonyl (C=O) groups is 1. The summed E-state index contributed by atoms with van der Waals surface area (Å²) in [5.74, 6) is 0.842. The lowest BCUT2D eigenvalue weighted by atomic mass is 10.0. The standard InChI is InChI=1S/C13H20N2OS/c1-2-15(10-12-4-3-7-17-12)13(16)8-11-5-6-14-9-11/h3-4,7,11,14H,2,5-6,8-10H2,1H3. The number of hydrogen-bond acceptors (Lipinski definition) is 3. The van der Waals surface area contributed by atoms with Crippen LogP contribution in [0, 0.1) is 5.92 Å². The van der Waals surface area contributed by atoms with Gasteiger partial charge in [0.15, 0.2) is 0 Å². The Morgan fingerprint density at radius 3 is 3.12 bits per heavy atom. The number of carbonyl (C=O) groups excluding carboxylic acids is 1. The highest BCUT2D eigenvalue weighted by Gasteiger charge is 2.21. The van der Waals surface area contributed by atoms with Gasteiger partial charge in [-0.05, 0) is 43.8 Å². The van der Waals surface area contributed by atoms with Crippen LogP contribution in [0.5, 0.6) is 0 Å². The van der Waals surface area contributed by atoms with Gasteiger partial charge in [0, 0.05) is 17.8 Å². The van der Waals surface area contributed by atoms with Gasteiger partial charge in [0.05, 0.1) is 6.54 Å². The first-order valence-electron chi connectivity index (χ1n) is 6.30. The number of nitrogens with zero attached hydrogens (tertiary/aromatic N) is 1. The molecule has 1 saturated heterocycles. The highest BCUT2D eigenvalue weighted by Crippen LogP contribution is 2.17. The van der Waals surface area contributed by atoms with Gasteiger partial charge >= 0.3 is 0 Å². The topological polar surface area (TPSA) is 32.3 Å². The molecule has 2 rings (SSSR count). The first kappa shape index (κ1) is 12.6. The normalized spacial score (nSPS) is 19.5. The molecule has 1 aliphatic rings. The number of rotatable bonds is 5. The van der Waals surface area contributed by atoms with Gasteiger partial charge in [-0.3, -0.25) is 4.79 Å². The Hall–Kier alpha value is -0.870. The van der Waals surface area contributed by atoms with Crippen molar-refractivity contribution >= 4 is 17.2 Å². The molecule has 1 unspecified atom stereocenters. The number of thiophene rings is 1. The van der Waals surface area contributed by atoms with Crippen LogP contribution >= 0.6 is 11.3 Å². The monoisotopic (exact) mass is 252 g/mol. The van der Waals surface area contributed by atoms with Crippen molar-refractivity contribution in [2.45, 2.75) is 26.3 Å². The van der Waals surface area contributed by atoms with Crippen LogP contribution in [0.1, 0.15) is 24.6 Å². The molecule has 2 heterocycles. The summed E-state index contributed by atoms with van der Waals surface area (Å²) in [4.78, 5) is 15.4. The zero-order valence-corrected chi connectivity index (χ0v) is 11.1. The third-order valence-electron chi connectivity index (χ3n) is 3.29. The van der Waals surface area contributed by atoms with Crippen LogP contribution in [0.2, 0.25) is 0 Å². The molecule has 3 nitrogen and oxygen atoms in total. The van der Waals surface area contributed by atoms with Crippen molar-refractivity contribution in [1.82, 2.24) is 10.2 Å². The lowest BCUT2D eigenvalue weighted by molar-refractivity contribution is -0.132. The van der Waals surface area contributed by atoms with E-state index in [9.17, 15) is 4.79 Å². The van der Waals surface area contributed by atoms with Crippen molar-refractivity contribution in [1.29, 1.82) is 0 Å². The molecule has 1 atom stereocenters. The molecule has 1 fully saturated rings. The molecule has 0 bridgehead atoms. The molecule has 4 heteroatoms. The maximum absolute atomic E-state index is 12.2. The van der Waals surface area contributed by atoms with Crippen molar-refractivity contribution < 1.29 is 4.79 Å². The van der Waals surface area contributed by atoms with E-state index in [-0.39, 0.29) is 0 Å². The van der Waals surface area contributed by atoms with Crippen molar-refractivity contribution in [2.75, 3.05) is 19.6 Å². The van der Waals surface area contributed by atoms with Crippen molar-refractivity contribution in [3.05, 3.63) is 22.4 Å². The zero-order valence-electron chi connectivity index (χ0n) is 10.3. The van der Waals surface area contributed by atoms with E-state index in [1.54, 1.807) is 11.3 Å². The molecular formula is C13H20N2OS. The second-order valence-electron chi connectivity index (χ2n) is 4.55. The van der Waals surface area contributed by atoms with Crippen LogP contribution in [0.25, 0.3) is 0 Å². The number of amides is 1. The quantitative estimate of drug-likeness (QED) is 0.870. The van der Waals surface area contributed by atoms with Gasteiger partial charge in [0.2, 0.25) is 5.91 Å². The summed E-state index contributed by atoms with van der Waals surface area (Å²) in [6.45, 7) is 5.69. The van der Waals surface area contributed by atoms with Crippen LogP contribution < -0.4 is 5.32 Å². The van der Waals surface area contributed by atoms with E-state index in [0.29, 0.717) is 18.2 Å². The van der Waals surface area contributed by atoms with Gasteiger partial charge in [0.1, 0.15) is 0 Å². The molecule has 0 radical (unpaired) electrons. The molecule has 1 aromatic rings. The van der Waals surface area contributed by atoms with Crippen molar-refractivity contribution in [2.24, 2.45) is 5.92 Å². The third-order valence-corrected chi connectivity index (χ3v) is 4.15. The van der Waals surface area contributed by atoms with Crippen molar-refractivity contribution in [3.63, 3.8) is 0 Å². The summed E-state index contributed by atoms with van der Waals surface area (Å²) in [7, 11) is 0. The van der Waals surface area contributed by atoms with E-state index >= 15 is 0 Å². The van der Waals surface area contributed by atoms with Gasteiger partial charge in [-0.1, -0.05) is 6.07 Å². The van der Waals surface area contributed by atoms with E-state index in [4.69, 9.17) is 0 Å². The minimum atomic E-state index is 0.301. The predicted molar refractivity (Wildman–Crippen MR) is 71.0 cm³/mol. The average molecular weight is 252 g/mol. The largest absolute Gasteiger partial charge is 0.338 e. The molecule has 1 N–H and O–H groups in total. The number of hydrogen-bond donors (Lipinski definition) is 1. The minimum absolute atomic E-state index is 0.301. The zero-order chi connectivity index (χ0) is 12.1. The predicted octanol–water partition coefficient (Wildman–Crippen LogP) is 2.10. The average Bonchev–Trinajstić information content (AvgIpc) is 2.97. The highest BCUT2D eigenvalue weighted by atomic mass is 32.1. The molecule has 17 heavy (non-hydrogen) atoms. The Bertz CT molecular complexity index is 344. The molecule has 1 aromatic heterocycles. The van der Waals surface area contributed by atoms with E-state index in [1.165, 1.54) is 4.88 Å². The van der Waals surface area contributed by atoms with Crippen LogP contribution in [-0.4, -0.2) is 30.4 Å². The van der Waals surface area contributed by atoms with Crippen LogP contribution in [0.3, 0.4) is 0 Å². The maximum Gasteiger partial charge on any atom is 0.223 e. The van der Waals surface area contributed by atoms with Gasteiger partial charge < -0.3 is 10.2 Å². The maximum atomic E-state index is 12.2. The van der Waals surface area contributed by atoms with E-state index < -0.39 is 0 Å². The van der Waals surface area contributed by atoms with Crippen molar-refractivity contribution in [3.8, 4) is 0 Å². The third kappa shape index (κ3) is 3.54. The second kappa shape index (κ2) is 6.17. The van der Waals surface area contributed by atoms with Gasteiger partial charge in [-0.15, -0.1) is 11.3 Å². The molecule has 0 aliphatic carbocycles. The summed E-state index contributed by atoms with van der Waals surface area (Å²) in [6.07, 6.45) is 1.84. The summed E-state index contributed by atoms with van der Waals surface area (Å²) in [5, 5.41) is 5.38. The van der Waals surface area contributed by atoms with Gasteiger partial charge in [0.25, 0.3) is 0 Å². The molecular weight excluding hydrogens is 232 g/mol. The van der Waals surface area contributed by atoms with Crippen LogP contribution in [-0.2, 0) is 11.3 Å². The minimum Gasteiger partial charge on any atom is -0.338 e. The van der Waals surface area contributed by atoms with E-state index in [1.807, 2.05) is 11.0 Å².